The first-order chi connectivity index (χ1) is 10.2. The highest BCUT2D eigenvalue weighted by Gasteiger charge is 2.15. The van der Waals surface area contributed by atoms with Crippen LogP contribution in [0.4, 0.5) is 15.9 Å². The first-order valence-electron chi connectivity index (χ1n) is 6.49. The number of anilines is 2. The number of hydrogen-bond acceptors (Lipinski definition) is 4. The van der Waals surface area contributed by atoms with Gasteiger partial charge in [-0.1, -0.05) is 12.1 Å². The number of nitrogens with zero attached hydrogens (tertiary/aromatic N) is 1. The standard InChI is InChI=1S/C15H16FN3OS/c1-3-17-14-11(8-10(16)9-18-14)15(20)19-12-6-4-5-7-13(12)21-2/h4-9H,3H2,1-2H3,(H,17,18)(H,19,20). The molecule has 2 aromatic rings. The van der Waals surface area contributed by atoms with Crippen LogP contribution in [0.25, 0.3) is 0 Å². The SMILES string of the molecule is CCNc1ncc(F)cc1C(=O)Nc1ccccc1SC. The normalized spacial score (nSPS) is 10.2. The van der Waals surface area contributed by atoms with Crippen molar-refractivity contribution in [2.45, 2.75) is 11.8 Å². The van der Waals surface area contributed by atoms with Gasteiger partial charge in [-0.15, -0.1) is 11.8 Å². The maximum atomic E-state index is 13.4. The third-order valence-corrected chi connectivity index (χ3v) is 3.59. The maximum absolute atomic E-state index is 13.4. The number of carbonyl (C=O) groups is 1. The highest BCUT2D eigenvalue weighted by atomic mass is 32.2. The van der Waals surface area contributed by atoms with E-state index in [9.17, 15) is 9.18 Å². The van der Waals surface area contributed by atoms with Crippen molar-refractivity contribution in [3.63, 3.8) is 0 Å². The fourth-order valence-electron chi connectivity index (χ4n) is 1.86. The summed E-state index contributed by atoms with van der Waals surface area (Å²) in [6, 6.07) is 8.64. The number of halogens is 1. The molecule has 0 spiro atoms. The lowest BCUT2D eigenvalue weighted by molar-refractivity contribution is 0.102. The summed E-state index contributed by atoms with van der Waals surface area (Å²) in [6.07, 6.45) is 3.02. The number of thioether (sulfide) groups is 1. The van der Waals surface area contributed by atoms with Crippen molar-refractivity contribution >= 4 is 29.2 Å². The van der Waals surface area contributed by atoms with Gasteiger partial charge in [0, 0.05) is 11.4 Å². The zero-order valence-electron chi connectivity index (χ0n) is 11.8. The molecule has 0 fully saturated rings. The summed E-state index contributed by atoms with van der Waals surface area (Å²) in [5.74, 6) is -0.558. The molecule has 1 amide bonds. The number of rotatable bonds is 5. The molecule has 0 saturated heterocycles. The second-order valence-electron chi connectivity index (χ2n) is 4.23. The van der Waals surface area contributed by atoms with Crippen molar-refractivity contribution in [3.05, 3.63) is 47.9 Å². The van der Waals surface area contributed by atoms with Crippen LogP contribution in [0.1, 0.15) is 17.3 Å². The summed E-state index contributed by atoms with van der Waals surface area (Å²) in [7, 11) is 0. The number of pyridine rings is 1. The fourth-order valence-corrected chi connectivity index (χ4v) is 2.41. The van der Waals surface area contributed by atoms with E-state index in [1.165, 1.54) is 17.8 Å². The maximum Gasteiger partial charge on any atom is 0.259 e. The van der Waals surface area contributed by atoms with E-state index in [0.29, 0.717) is 18.1 Å². The molecule has 1 aromatic heterocycles. The van der Waals surface area contributed by atoms with Crippen LogP contribution < -0.4 is 10.6 Å². The van der Waals surface area contributed by atoms with E-state index in [1.807, 2.05) is 37.4 Å². The number of aromatic nitrogens is 1. The smallest absolute Gasteiger partial charge is 0.259 e. The van der Waals surface area contributed by atoms with Crippen molar-refractivity contribution in [2.75, 3.05) is 23.4 Å². The molecule has 4 nitrogen and oxygen atoms in total. The molecule has 0 aliphatic heterocycles. The van der Waals surface area contributed by atoms with Crippen molar-refractivity contribution in [1.82, 2.24) is 4.98 Å². The average Bonchev–Trinajstić information content (AvgIpc) is 2.49. The molecule has 2 rings (SSSR count). The lowest BCUT2D eigenvalue weighted by Crippen LogP contribution is -2.16. The average molecular weight is 305 g/mol. The second kappa shape index (κ2) is 7.08. The van der Waals surface area contributed by atoms with Gasteiger partial charge in [0.25, 0.3) is 5.91 Å². The molecule has 0 radical (unpaired) electrons. The van der Waals surface area contributed by atoms with Crippen molar-refractivity contribution in [1.29, 1.82) is 0 Å². The number of nitrogens with one attached hydrogen (secondary N) is 2. The highest BCUT2D eigenvalue weighted by molar-refractivity contribution is 7.98. The Labute approximate surface area is 127 Å². The molecule has 1 aromatic carbocycles. The van der Waals surface area contributed by atoms with Gasteiger partial charge in [0.1, 0.15) is 11.6 Å². The third-order valence-electron chi connectivity index (χ3n) is 2.80. The molecule has 0 atom stereocenters. The lowest BCUT2D eigenvalue weighted by atomic mass is 10.2. The Morgan fingerprint density at radius 1 is 1.38 bits per heavy atom. The van der Waals surface area contributed by atoms with E-state index < -0.39 is 5.82 Å². The summed E-state index contributed by atoms with van der Waals surface area (Å²) < 4.78 is 13.4. The number of para-hydroxylation sites is 1. The van der Waals surface area contributed by atoms with Gasteiger partial charge in [-0.3, -0.25) is 4.79 Å². The van der Waals surface area contributed by atoms with Crippen molar-refractivity contribution < 1.29 is 9.18 Å². The van der Waals surface area contributed by atoms with Crippen LogP contribution in [0.5, 0.6) is 0 Å². The van der Waals surface area contributed by atoms with Crippen LogP contribution >= 0.6 is 11.8 Å². The van der Waals surface area contributed by atoms with Crippen LogP contribution in [0.15, 0.2) is 41.4 Å². The zero-order valence-corrected chi connectivity index (χ0v) is 12.6. The molecule has 110 valence electrons. The number of hydrogen-bond donors (Lipinski definition) is 2. The van der Waals surface area contributed by atoms with E-state index >= 15 is 0 Å². The molecule has 6 heteroatoms. The minimum absolute atomic E-state index is 0.188. The number of amides is 1. The third kappa shape index (κ3) is 3.72. The molecular weight excluding hydrogens is 289 g/mol. The summed E-state index contributed by atoms with van der Waals surface area (Å²) in [4.78, 5) is 17.2. The Kier molecular flexibility index (Phi) is 5.16. The zero-order chi connectivity index (χ0) is 15.2. The van der Waals surface area contributed by atoms with Crippen LogP contribution in [0.2, 0.25) is 0 Å². The van der Waals surface area contributed by atoms with E-state index in [2.05, 4.69) is 15.6 Å². The van der Waals surface area contributed by atoms with Gasteiger partial charge in [-0.05, 0) is 31.4 Å². The summed E-state index contributed by atoms with van der Waals surface area (Å²) >= 11 is 1.53. The molecule has 21 heavy (non-hydrogen) atoms. The monoisotopic (exact) mass is 305 g/mol. The van der Waals surface area contributed by atoms with Gasteiger partial charge in [-0.2, -0.15) is 0 Å². The highest BCUT2D eigenvalue weighted by Crippen LogP contribution is 2.25. The number of benzene rings is 1. The molecule has 0 saturated carbocycles. The molecule has 0 aliphatic rings. The Morgan fingerprint density at radius 3 is 2.86 bits per heavy atom. The lowest BCUT2D eigenvalue weighted by Gasteiger charge is -2.12. The first-order valence-corrected chi connectivity index (χ1v) is 7.72. The predicted molar refractivity (Wildman–Crippen MR) is 84.5 cm³/mol. The Morgan fingerprint density at radius 2 is 2.14 bits per heavy atom. The first kappa shape index (κ1) is 15.3. The van der Waals surface area contributed by atoms with Gasteiger partial charge in [-0.25, -0.2) is 9.37 Å². The van der Waals surface area contributed by atoms with Gasteiger partial charge in [0.2, 0.25) is 0 Å². The summed E-state index contributed by atoms with van der Waals surface area (Å²) in [5, 5.41) is 5.75. The van der Waals surface area contributed by atoms with E-state index in [0.717, 1.165) is 11.1 Å². The van der Waals surface area contributed by atoms with Crippen LogP contribution in [0, 0.1) is 5.82 Å². The van der Waals surface area contributed by atoms with Gasteiger partial charge in [0.15, 0.2) is 0 Å². The van der Waals surface area contributed by atoms with E-state index in [4.69, 9.17) is 0 Å². The van der Waals surface area contributed by atoms with Crippen LogP contribution in [-0.2, 0) is 0 Å². The van der Waals surface area contributed by atoms with E-state index in [-0.39, 0.29) is 11.5 Å². The number of carbonyl (C=O) groups excluding carboxylic acids is 1. The largest absolute Gasteiger partial charge is 0.370 e. The molecule has 0 bridgehead atoms. The minimum atomic E-state index is -0.542. The van der Waals surface area contributed by atoms with Gasteiger partial charge >= 0.3 is 0 Å². The van der Waals surface area contributed by atoms with Crippen molar-refractivity contribution in [3.8, 4) is 0 Å². The van der Waals surface area contributed by atoms with Crippen LogP contribution in [-0.4, -0.2) is 23.7 Å². The quantitative estimate of drug-likeness (QED) is 0.828. The summed E-state index contributed by atoms with van der Waals surface area (Å²) in [5.41, 5.74) is 0.884. The Bertz CT molecular complexity index is 649. The fraction of sp³-hybridized carbons (Fsp3) is 0.200. The Hall–Kier alpha value is -2.08. The molecule has 2 N–H and O–H groups in total. The summed E-state index contributed by atoms with van der Waals surface area (Å²) in [6.45, 7) is 2.48. The Balaban J connectivity index is 2.29. The predicted octanol–water partition coefficient (Wildman–Crippen LogP) is 3.63. The van der Waals surface area contributed by atoms with Crippen LogP contribution in [0.3, 0.4) is 0 Å². The topological polar surface area (TPSA) is 54.0 Å². The second-order valence-corrected chi connectivity index (χ2v) is 5.08. The molecule has 0 unspecified atom stereocenters. The van der Waals surface area contributed by atoms with E-state index in [1.54, 1.807) is 0 Å². The molecule has 1 heterocycles. The van der Waals surface area contributed by atoms with Gasteiger partial charge < -0.3 is 10.6 Å². The molecular formula is C15H16FN3OS. The molecule has 0 aliphatic carbocycles. The minimum Gasteiger partial charge on any atom is -0.370 e. The van der Waals surface area contributed by atoms with Gasteiger partial charge in [0.05, 0.1) is 17.4 Å². The van der Waals surface area contributed by atoms with Crippen molar-refractivity contribution in [2.24, 2.45) is 0 Å².